The van der Waals surface area contributed by atoms with Gasteiger partial charge in [-0.05, 0) is 19.8 Å². The van der Waals surface area contributed by atoms with Crippen LogP contribution < -0.4 is 5.14 Å². The molecule has 0 radical (unpaired) electrons. The number of sulfonamides is 1. The van der Waals surface area contributed by atoms with E-state index in [9.17, 15) is 13.2 Å². The minimum Gasteiger partial charge on any atom is -0.466 e. The summed E-state index contributed by atoms with van der Waals surface area (Å²) in [6, 6.07) is 0. The van der Waals surface area contributed by atoms with E-state index in [2.05, 4.69) is 4.74 Å². The third-order valence-corrected chi connectivity index (χ3v) is 3.94. The zero-order valence-corrected chi connectivity index (χ0v) is 8.26. The highest BCUT2D eigenvalue weighted by Crippen LogP contribution is 2.45. The van der Waals surface area contributed by atoms with Crippen molar-refractivity contribution in [2.75, 3.05) is 6.61 Å². The van der Waals surface area contributed by atoms with Crippen molar-refractivity contribution < 1.29 is 17.9 Å². The second-order valence-electron chi connectivity index (χ2n) is 3.21. The van der Waals surface area contributed by atoms with Crippen molar-refractivity contribution >= 4 is 16.0 Å². The number of nitrogens with two attached hydrogens (primary N) is 1. The maximum Gasteiger partial charge on any atom is 0.307 e. The molecule has 0 aliphatic heterocycles. The number of ether oxygens (including phenoxy) is 1. The molecule has 1 saturated carbocycles. The molecule has 2 N–H and O–H groups in total. The third-order valence-electron chi connectivity index (χ3n) is 2.18. The summed E-state index contributed by atoms with van der Waals surface area (Å²) in [5, 5.41) is 4.98. The van der Waals surface area contributed by atoms with Gasteiger partial charge in [0.1, 0.15) is 0 Å². The molecule has 0 aromatic heterocycles. The highest BCUT2D eigenvalue weighted by atomic mass is 32.2. The summed E-state index contributed by atoms with van der Waals surface area (Å²) in [5.74, 6) is -0.492. The number of carbonyl (C=O) groups excluding carboxylic acids is 1. The Morgan fingerprint density at radius 1 is 1.54 bits per heavy atom. The van der Waals surface area contributed by atoms with Crippen molar-refractivity contribution in [3.05, 3.63) is 0 Å². The maximum atomic E-state index is 11.0. The van der Waals surface area contributed by atoms with Gasteiger partial charge in [-0.2, -0.15) is 0 Å². The molecule has 0 bridgehead atoms. The Bertz CT molecular complexity index is 304. The van der Waals surface area contributed by atoms with Crippen LogP contribution in [0.4, 0.5) is 0 Å². The fourth-order valence-electron chi connectivity index (χ4n) is 1.18. The fourth-order valence-corrected chi connectivity index (χ4v) is 2.17. The topological polar surface area (TPSA) is 86.5 Å². The lowest BCUT2D eigenvalue weighted by atomic mass is 10.3. The summed E-state index contributed by atoms with van der Waals surface area (Å²) >= 11 is 0. The molecule has 0 atom stereocenters. The molecular formula is C7H13NO4S. The number of primary sulfonamides is 1. The Hall–Kier alpha value is -0.620. The minimum absolute atomic E-state index is 0.111. The average Bonchev–Trinajstić information content (AvgIpc) is 2.67. The number of hydrogen-bond donors (Lipinski definition) is 1. The SMILES string of the molecule is CCOC(=O)CC1(S(N)(=O)=O)CC1. The molecule has 76 valence electrons. The second kappa shape index (κ2) is 3.26. The Morgan fingerprint density at radius 2 is 2.08 bits per heavy atom. The number of esters is 1. The third kappa shape index (κ3) is 2.19. The Balaban J connectivity index is 2.59. The van der Waals surface area contributed by atoms with Crippen molar-refractivity contribution in [2.45, 2.75) is 30.9 Å². The van der Waals surface area contributed by atoms with Gasteiger partial charge in [0.15, 0.2) is 0 Å². The molecule has 0 aromatic rings. The molecule has 1 fully saturated rings. The van der Waals surface area contributed by atoms with Crippen LogP contribution in [0.1, 0.15) is 26.2 Å². The first-order valence-corrected chi connectivity index (χ1v) is 5.64. The van der Waals surface area contributed by atoms with E-state index in [1.165, 1.54) is 0 Å². The van der Waals surface area contributed by atoms with Crippen LogP contribution in [0.15, 0.2) is 0 Å². The summed E-state index contributed by atoms with van der Waals surface area (Å²) < 4.78 is 25.7. The van der Waals surface area contributed by atoms with Crippen LogP contribution in [-0.2, 0) is 19.6 Å². The van der Waals surface area contributed by atoms with Crippen molar-refractivity contribution in [1.29, 1.82) is 0 Å². The summed E-state index contributed by atoms with van der Waals surface area (Å²) in [7, 11) is -3.61. The predicted molar refractivity (Wildman–Crippen MR) is 46.3 cm³/mol. The lowest BCUT2D eigenvalue weighted by Gasteiger charge is -2.10. The molecular weight excluding hydrogens is 194 g/mol. The van der Waals surface area contributed by atoms with E-state index in [1.54, 1.807) is 6.92 Å². The summed E-state index contributed by atoms with van der Waals surface area (Å²) in [6.07, 6.45) is 0.814. The van der Waals surface area contributed by atoms with Crippen molar-refractivity contribution in [1.82, 2.24) is 0 Å². The van der Waals surface area contributed by atoms with Crippen LogP contribution in [0, 0.1) is 0 Å². The first-order valence-electron chi connectivity index (χ1n) is 4.09. The zero-order chi connectivity index (χ0) is 10.1. The van der Waals surface area contributed by atoms with Gasteiger partial charge in [-0.25, -0.2) is 13.6 Å². The Kier molecular flexibility index (Phi) is 2.63. The van der Waals surface area contributed by atoms with E-state index in [0.29, 0.717) is 12.8 Å². The van der Waals surface area contributed by atoms with Gasteiger partial charge >= 0.3 is 5.97 Å². The predicted octanol–water partition coefficient (Wildman–Crippen LogP) is -0.239. The lowest BCUT2D eigenvalue weighted by molar-refractivity contribution is -0.143. The highest BCUT2D eigenvalue weighted by Gasteiger charge is 2.54. The summed E-state index contributed by atoms with van der Waals surface area (Å²) in [4.78, 5) is 11.0. The van der Waals surface area contributed by atoms with E-state index in [0.717, 1.165) is 0 Å². The van der Waals surface area contributed by atoms with Crippen LogP contribution in [0.25, 0.3) is 0 Å². The maximum absolute atomic E-state index is 11.0. The normalized spacial score (nSPS) is 19.5. The lowest BCUT2D eigenvalue weighted by Crippen LogP contribution is -2.33. The van der Waals surface area contributed by atoms with Gasteiger partial charge in [0, 0.05) is 0 Å². The summed E-state index contributed by atoms with van der Waals surface area (Å²) in [6.45, 7) is 1.94. The largest absolute Gasteiger partial charge is 0.466 e. The van der Waals surface area contributed by atoms with Crippen LogP contribution >= 0.6 is 0 Å². The van der Waals surface area contributed by atoms with Gasteiger partial charge in [-0.1, -0.05) is 0 Å². The van der Waals surface area contributed by atoms with Crippen LogP contribution in [0.3, 0.4) is 0 Å². The van der Waals surface area contributed by atoms with E-state index < -0.39 is 20.7 Å². The van der Waals surface area contributed by atoms with E-state index in [4.69, 9.17) is 5.14 Å². The molecule has 0 heterocycles. The molecule has 0 amide bonds. The van der Waals surface area contributed by atoms with Gasteiger partial charge in [-0.15, -0.1) is 0 Å². The van der Waals surface area contributed by atoms with Gasteiger partial charge < -0.3 is 4.74 Å². The van der Waals surface area contributed by atoms with Crippen LogP contribution in [0.5, 0.6) is 0 Å². The Labute approximate surface area is 77.3 Å². The number of hydrogen-bond acceptors (Lipinski definition) is 4. The molecule has 1 aliphatic rings. The van der Waals surface area contributed by atoms with Crippen molar-refractivity contribution in [2.24, 2.45) is 5.14 Å². The zero-order valence-electron chi connectivity index (χ0n) is 7.45. The van der Waals surface area contributed by atoms with E-state index in [-0.39, 0.29) is 13.0 Å². The molecule has 6 heteroatoms. The quantitative estimate of drug-likeness (QED) is 0.644. The minimum atomic E-state index is -3.61. The molecule has 5 nitrogen and oxygen atoms in total. The molecule has 0 spiro atoms. The molecule has 13 heavy (non-hydrogen) atoms. The van der Waals surface area contributed by atoms with Gasteiger partial charge in [-0.3, -0.25) is 4.79 Å². The fraction of sp³-hybridized carbons (Fsp3) is 0.857. The van der Waals surface area contributed by atoms with Gasteiger partial charge in [0.25, 0.3) is 0 Å². The monoisotopic (exact) mass is 207 g/mol. The van der Waals surface area contributed by atoms with Gasteiger partial charge in [0.05, 0.1) is 17.8 Å². The van der Waals surface area contributed by atoms with Crippen LogP contribution in [-0.4, -0.2) is 25.7 Å². The summed E-state index contributed by atoms with van der Waals surface area (Å²) in [5.41, 5.74) is 0. The second-order valence-corrected chi connectivity index (χ2v) is 5.17. The molecule has 0 aromatic carbocycles. The first-order chi connectivity index (χ1) is 5.91. The standard InChI is InChI=1S/C7H13NO4S/c1-2-12-6(9)5-7(3-4-7)13(8,10)11/h2-5H2,1H3,(H2,8,10,11). The van der Waals surface area contributed by atoms with Crippen molar-refractivity contribution in [3.8, 4) is 0 Å². The molecule has 0 unspecified atom stereocenters. The number of carbonyl (C=O) groups is 1. The average molecular weight is 207 g/mol. The smallest absolute Gasteiger partial charge is 0.307 e. The van der Waals surface area contributed by atoms with E-state index >= 15 is 0 Å². The van der Waals surface area contributed by atoms with Gasteiger partial charge in [0.2, 0.25) is 10.0 Å². The van der Waals surface area contributed by atoms with E-state index in [1.807, 2.05) is 0 Å². The molecule has 1 aliphatic carbocycles. The molecule has 1 rings (SSSR count). The Morgan fingerprint density at radius 3 is 2.38 bits per heavy atom. The first kappa shape index (κ1) is 10.5. The van der Waals surface area contributed by atoms with Crippen LogP contribution in [0.2, 0.25) is 0 Å². The number of rotatable bonds is 4. The van der Waals surface area contributed by atoms with Crippen molar-refractivity contribution in [3.63, 3.8) is 0 Å². The molecule has 0 saturated heterocycles. The highest BCUT2D eigenvalue weighted by molar-refractivity contribution is 7.90.